The number of aliphatic hydroxyl groups is 5. The molecule has 4 atom stereocenters. The average Bonchev–Trinajstić information content (AvgIpc) is 2.66. The fourth-order valence-corrected chi connectivity index (χ4v) is 2.66. The molecule has 0 bridgehead atoms. The molecule has 6 N–H and O–H groups in total. The molecule has 1 aromatic heterocycles. The van der Waals surface area contributed by atoms with E-state index in [1.54, 1.807) is 12.1 Å². The number of nitrogens with one attached hydrogen (secondary N) is 1. The van der Waals surface area contributed by atoms with E-state index in [4.69, 9.17) is 5.11 Å². The number of rotatable bonds is 6. The SMILES string of the molecule is O=c1nc2n(C[C@H](O)[C@@H](O)[C@@H](O)[C@H](O)CO)c3ncccc3nc-2c(=O)[nH]1. The van der Waals surface area contributed by atoms with Gasteiger partial charge in [-0.3, -0.25) is 9.78 Å². The molecule has 0 spiro atoms. The van der Waals surface area contributed by atoms with Gasteiger partial charge in [-0.2, -0.15) is 4.98 Å². The van der Waals surface area contributed by atoms with Crippen LogP contribution in [0.3, 0.4) is 0 Å². The van der Waals surface area contributed by atoms with Crippen LogP contribution in [-0.4, -0.2) is 81.1 Å². The van der Waals surface area contributed by atoms with E-state index in [0.29, 0.717) is 0 Å². The fraction of sp³-hybridized carbons (Fsp3) is 0.400. The van der Waals surface area contributed by atoms with E-state index in [9.17, 15) is 30.0 Å². The Hall–Kier alpha value is -2.77. The number of hydrogen-bond acceptors (Lipinski definition) is 10. The largest absolute Gasteiger partial charge is 0.394 e. The molecule has 12 nitrogen and oxygen atoms in total. The molecule has 2 aliphatic rings. The zero-order valence-corrected chi connectivity index (χ0v) is 13.8. The van der Waals surface area contributed by atoms with E-state index in [0.717, 1.165) is 0 Å². The summed E-state index contributed by atoms with van der Waals surface area (Å²) in [7, 11) is 0. The van der Waals surface area contributed by atoms with Gasteiger partial charge in [0, 0.05) is 6.20 Å². The van der Waals surface area contributed by atoms with Crippen molar-refractivity contribution in [2.45, 2.75) is 31.0 Å². The minimum absolute atomic E-state index is 0.168. The van der Waals surface area contributed by atoms with Crippen molar-refractivity contribution in [1.82, 2.24) is 24.5 Å². The Morgan fingerprint density at radius 1 is 1.07 bits per heavy atom. The standard InChI is InChI=1S/C15H17N5O7/c21-5-8(23)11(25)10(24)7(22)4-20-12-6(2-1-3-16-12)17-9-13(20)18-15(27)19-14(9)26/h1-3,7-8,10-11,21-25H,4-5H2,(H,19,26,27)/t7-,8+,10+,11-/m0/s1. The van der Waals surface area contributed by atoms with Crippen LogP contribution in [0.25, 0.3) is 22.7 Å². The second-order valence-corrected chi connectivity index (χ2v) is 5.91. The molecule has 27 heavy (non-hydrogen) atoms. The van der Waals surface area contributed by atoms with Gasteiger partial charge in [0.1, 0.15) is 29.9 Å². The van der Waals surface area contributed by atoms with Crippen molar-refractivity contribution in [3.63, 3.8) is 0 Å². The summed E-state index contributed by atoms with van der Waals surface area (Å²) in [6.07, 6.45) is -5.57. The van der Waals surface area contributed by atoms with Gasteiger partial charge in [-0.1, -0.05) is 0 Å². The lowest BCUT2D eigenvalue weighted by molar-refractivity contribution is -0.117. The van der Waals surface area contributed by atoms with Crippen LogP contribution in [0.4, 0.5) is 0 Å². The van der Waals surface area contributed by atoms with Crippen LogP contribution in [0.1, 0.15) is 0 Å². The second kappa shape index (κ2) is 7.46. The summed E-state index contributed by atoms with van der Waals surface area (Å²) < 4.78 is 1.21. The number of H-pyrrole nitrogens is 1. The summed E-state index contributed by atoms with van der Waals surface area (Å²) in [4.78, 5) is 37.6. The van der Waals surface area contributed by atoms with Crippen LogP contribution in [0.15, 0.2) is 27.9 Å². The summed E-state index contributed by atoms with van der Waals surface area (Å²) in [6, 6.07) is 3.12. The number of aromatic nitrogens is 5. The van der Waals surface area contributed by atoms with E-state index in [-0.39, 0.29) is 22.7 Å². The molecule has 0 saturated heterocycles. The minimum atomic E-state index is -1.84. The number of pyridine rings is 1. The lowest BCUT2D eigenvalue weighted by Crippen LogP contribution is -2.47. The maximum absolute atomic E-state index is 12.0. The first-order valence-corrected chi connectivity index (χ1v) is 7.92. The first kappa shape index (κ1) is 19.0. The van der Waals surface area contributed by atoms with Crippen molar-refractivity contribution in [3.8, 4) is 11.5 Å². The number of fused-ring (bicyclic) bond motifs is 2. The Bertz CT molecular complexity index is 1040. The Morgan fingerprint density at radius 2 is 1.78 bits per heavy atom. The highest BCUT2D eigenvalue weighted by Gasteiger charge is 2.31. The van der Waals surface area contributed by atoms with Crippen LogP contribution in [0, 0.1) is 0 Å². The van der Waals surface area contributed by atoms with E-state index < -0.39 is 48.8 Å². The third kappa shape index (κ3) is 3.56. The van der Waals surface area contributed by atoms with Crippen molar-refractivity contribution in [1.29, 1.82) is 0 Å². The van der Waals surface area contributed by atoms with Gasteiger partial charge in [-0.05, 0) is 12.1 Å². The first-order valence-electron chi connectivity index (χ1n) is 7.92. The van der Waals surface area contributed by atoms with Gasteiger partial charge in [0.15, 0.2) is 17.2 Å². The Morgan fingerprint density at radius 3 is 2.48 bits per heavy atom. The monoisotopic (exact) mass is 379 g/mol. The van der Waals surface area contributed by atoms with E-state index in [1.165, 1.54) is 10.8 Å². The van der Waals surface area contributed by atoms with Crippen molar-refractivity contribution >= 4 is 11.2 Å². The lowest BCUT2D eigenvalue weighted by Gasteiger charge is -2.27. The number of nitrogens with zero attached hydrogens (tertiary/aromatic N) is 4. The van der Waals surface area contributed by atoms with Crippen LogP contribution in [-0.2, 0) is 6.54 Å². The highest BCUT2D eigenvalue weighted by Crippen LogP contribution is 2.20. The van der Waals surface area contributed by atoms with Gasteiger partial charge < -0.3 is 30.1 Å². The zero-order chi connectivity index (χ0) is 19.7. The molecule has 144 valence electrons. The normalized spacial score (nSPS) is 16.3. The third-order valence-corrected chi connectivity index (χ3v) is 4.06. The molecule has 3 heterocycles. The fourth-order valence-electron chi connectivity index (χ4n) is 2.66. The maximum Gasteiger partial charge on any atom is 0.349 e. The number of aromatic amines is 1. The molecule has 0 radical (unpaired) electrons. The molecule has 0 aromatic carbocycles. The molecule has 1 aromatic rings. The quantitative estimate of drug-likeness (QED) is 0.233. The van der Waals surface area contributed by atoms with Gasteiger partial charge in [0.25, 0.3) is 5.56 Å². The van der Waals surface area contributed by atoms with Gasteiger partial charge >= 0.3 is 5.69 Å². The summed E-state index contributed by atoms with van der Waals surface area (Å²) >= 11 is 0. The molecule has 0 amide bonds. The Labute approximate surface area is 150 Å². The van der Waals surface area contributed by atoms with Gasteiger partial charge in [-0.25, -0.2) is 14.8 Å². The average molecular weight is 379 g/mol. The van der Waals surface area contributed by atoms with Crippen molar-refractivity contribution < 1.29 is 25.5 Å². The number of aliphatic hydroxyl groups excluding tert-OH is 5. The summed E-state index contributed by atoms with van der Waals surface area (Å²) in [5.74, 6) is -0.168. The molecule has 3 rings (SSSR count). The smallest absolute Gasteiger partial charge is 0.349 e. The van der Waals surface area contributed by atoms with Crippen LogP contribution in [0.5, 0.6) is 0 Å². The Balaban J connectivity index is 2.11. The molecule has 12 heteroatoms. The van der Waals surface area contributed by atoms with Gasteiger partial charge in [-0.15, -0.1) is 0 Å². The zero-order valence-electron chi connectivity index (χ0n) is 13.8. The first-order chi connectivity index (χ1) is 12.8. The van der Waals surface area contributed by atoms with Crippen molar-refractivity contribution in [2.24, 2.45) is 0 Å². The predicted molar refractivity (Wildman–Crippen MR) is 89.9 cm³/mol. The lowest BCUT2D eigenvalue weighted by atomic mass is 10.0. The Kier molecular flexibility index (Phi) is 5.25. The highest BCUT2D eigenvalue weighted by molar-refractivity contribution is 5.75. The molecule has 2 aliphatic heterocycles. The van der Waals surface area contributed by atoms with Crippen LogP contribution in [0.2, 0.25) is 0 Å². The molecule has 0 saturated carbocycles. The summed E-state index contributed by atoms with van der Waals surface area (Å²) in [5, 5.41) is 48.4. The maximum atomic E-state index is 12.0. The minimum Gasteiger partial charge on any atom is -0.394 e. The van der Waals surface area contributed by atoms with Crippen LogP contribution >= 0.6 is 0 Å². The highest BCUT2D eigenvalue weighted by atomic mass is 16.4. The number of hydrogen-bond donors (Lipinski definition) is 6. The van der Waals surface area contributed by atoms with Crippen molar-refractivity contribution in [3.05, 3.63) is 39.2 Å². The molecule has 0 aliphatic carbocycles. The van der Waals surface area contributed by atoms with Crippen molar-refractivity contribution in [2.75, 3.05) is 6.61 Å². The van der Waals surface area contributed by atoms with E-state index >= 15 is 0 Å². The molecular weight excluding hydrogens is 362 g/mol. The molecular formula is C15H17N5O7. The van der Waals surface area contributed by atoms with Gasteiger partial charge in [0.05, 0.1) is 13.2 Å². The van der Waals surface area contributed by atoms with E-state index in [1.807, 2.05) is 4.98 Å². The molecule has 0 fully saturated rings. The third-order valence-electron chi connectivity index (χ3n) is 4.06. The predicted octanol–water partition coefficient (Wildman–Crippen LogP) is -3.58. The van der Waals surface area contributed by atoms with Gasteiger partial charge in [0.2, 0.25) is 0 Å². The molecule has 0 unspecified atom stereocenters. The van der Waals surface area contributed by atoms with Crippen LogP contribution < -0.4 is 11.2 Å². The topological polar surface area (TPSA) is 195 Å². The van der Waals surface area contributed by atoms with E-state index in [2.05, 4.69) is 15.0 Å². The summed E-state index contributed by atoms with van der Waals surface area (Å²) in [5.41, 5.74) is -1.44. The second-order valence-electron chi connectivity index (χ2n) is 5.91. The summed E-state index contributed by atoms with van der Waals surface area (Å²) in [6.45, 7) is -1.25.